The molecule has 5 heteroatoms. The maximum Gasteiger partial charge on any atom is 0.245 e. The highest BCUT2D eigenvalue weighted by Gasteiger charge is 2.40. The molecule has 1 aliphatic rings. The predicted octanol–water partition coefficient (Wildman–Crippen LogP) is 3.02. The first-order valence-electron chi connectivity index (χ1n) is 6.13. The molecule has 0 aromatic heterocycles. The van der Waals surface area contributed by atoms with Crippen LogP contribution in [0.15, 0.2) is 22.7 Å². The van der Waals surface area contributed by atoms with Crippen LogP contribution in [-0.4, -0.2) is 19.1 Å². The zero-order valence-electron chi connectivity index (χ0n) is 10.7. The summed E-state index contributed by atoms with van der Waals surface area (Å²) in [6, 6.07) is 7.84. The van der Waals surface area contributed by atoms with E-state index in [4.69, 9.17) is 4.74 Å². The Morgan fingerprint density at radius 3 is 2.68 bits per heavy atom. The van der Waals surface area contributed by atoms with Gasteiger partial charge in [-0.05, 0) is 43.5 Å². The quantitative estimate of drug-likeness (QED) is 0.910. The van der Waals surface area contributed by atoms with Gasteiger partial charge in [0, 0.05) is 23.4 Å². The van der Waals surface area contributed by atoms with Crippen LogP contribution >= 0.6 is 15.9 Å². The van der Waals surface area contributed by atoms with Crippen molar-refractivity contribution in [3.05, 3.63) is 28.2 Å². The fraction of sp³-hybridized carbons (Fsp3) is 0.429. The van der Waals surface area contributed by atoms with Crippen LogP contribution in [0.1, 0.15) is 18.4 Å². The van der Waals surface area contributed by atoms with E-state index >= 15 is 0 Å². The number of anilines is 1. The Labute approximate surface area is 120 Å². The van der Waals surface area contributed by atoms with Crippen LogP contribution < -0.4 is 5.32 Å². The normalized spacial score (nSPS) is 17.5. The summed E-state index contributed by atoms with van der Waals surface area (Å²) < 4.78 is 6.13. The third-order valence-electron chi connectivity index (χ3n) is 3.30. The van der Waals surface area contributed by atoms with Gasteiger partial charge in [0.25, 0.3) is 0 Å². The third-order valence-corrected chi connectivity index (χ3v) is 3.75. The molecule has 0 radical (unpaired) electrons. The van der Waals surface area contributed by atoms with E-state index in [0.717, 1.165) is 10.0 Å². The monoisotopic (exact) mass is 322 g/mol. The fourth-order valence-corrected chi connectivity index (χ4v) is 2.78. The number of hydrogen-bond donors (Lipinski definition) is 1. The third kappa shape index (κ3) is 3.14. The van der Waals surface area contributed by atoms with Crippen LogP contribution in [0.2, 0.25) is 0 Å². The molecule has 4 nitrogen and oxygen atoms in total. The average Bonchev–Trinajstić information content (AvgIpc) is 2.38. The fourth-order valence-electron chi connectivity index (χ4n) is 2.17. The van der Waals surface area contributed by atoms with Crippen molar-refractivity contribution in [1.29, 1.82) is 5.26 Å². The number of benzene rings is 1. The zero-order chi connectivity index (χ0) is 13.9. The molecule has 0 unspecified atom stereocenters. The van der Waals surface area contributed by atoms with Gasteiger partial charge in [0.2, 0.25) is 5.91 Å². The van der Waals surface area contributed by atoms with Crippen molar-refractivity contribution in [2.24, 2.45) is 5.41 Å². The molecule has 1 N–H and O–H groups in total. The first-order valence-corrected chi connectivity index (χ1v) is 6.93. The predicted molar refractivity (Wildman–Crippen MR) is 75.6 cm³/mol. The van der Waals surface area contributed by atoms with Gasteiger partial charge in [0.15, 0.2) is 0 Å². The van der Waals surface area contributed by atoms with E-state index in [1.807, 2.05) is 25.1 Å². The maximum atomic E-state index is 12.3. The van der Waals surface area contributed by atoms with E-state index in [1.165, 1.54) is 0 Å². The highest BCUT2D eigenvalue weighted by atomic mass is 79.9. The van der Waals surface area contributed by atoms with Gasteiger partial charge < -0.3 is 10.1 Å². The van der Waals surface area contributed by atoms with Gasteiger partial charge in [-0.25, -0.2) is 0 Å². The molecule has 0 aliphatic carbocycles. The molecule has 1 fully saturated rings. The van der Waals surface area contributed by atoms with Crippen LogP contribution in [0.5, 0.6) is 0 Å². The molecule has 1 heterocycles. The summed E-state index contributed by atoms with van der Waals surface area (Å²) in [5.41, 5.74) is 0.787. The Hall–Kier alpha value is -1.38. The minimum Gasteiger partial charge on any atom is -0.381 e. The van der Waals surface area contributed by atoms with Crippen LogP contribution in [-0.2, 0) is 9.53 Å². The van der Waals surface area contributed by atoms with Crippen molar-refractivity contribution in [1.82, 2.24) is 0 Å². The van der Waals surface area contributed by atoms with Crippen LogP contribution in [0.3, 0.4) is 0 Å². The number of nitrogens with one attached hydrogen (secondary N) is 1. The number of nitriles is 1. The Morgan fingerprint density at radius 1 is 1.42 bits per heavy atom. The summed E-state index contributed by atoms with van der Waals surface area (Å²) in [5, 5.41) is 12.2. The molecular weight excluding hydrogens is 308 g/mol. The average molecular weight is 323 g/mol. The van der Waals surface area contributed by atoms with Crippen molar-refractivity contribution in [2.75, 3.05) is 18.5 Å². The lowest BCUT2D eigenvalue weighted by Gasteiger charge is -2.29. The van der Waals surface area contributed by atoms with E-state index in [1.54, 1.807) is 0 Å². The maximum absolute atomic E-state index is 12.3. The number of rotatable bonds is 2. The molecule has 0 bridgehead atoms. The van der Waals surface area contributed by atoms with Gasteiger partial charge in [-0.3, -0.25) is 4.79 Å². The van der Waals surface area contributed by atoms with Crippen molar-refractivity contribution >= 4 is 27.5 Å². The first-order chi connectivity index (χ1) is 9.05. The van der Waals surface area contributed by atoms with Gasteiger partial charge in [0.1, 0.15) is 5.41 Å². The number of aryl methyl sites for hydroxylation is 1. The largest absolute Gasteiger partial charge is 0.381 e. The summed E-state index contributed by atoms with van der Waals surface area (Å²) >= 11 is 3.39. The van der Waals surface area contributed by atoms with E-state index in [-0.39, 0.29) is 5.91 Å². The number of nitrogens with zero attached hydrogens (tertiary/aromatic N) is 1. The zero-order valence-corrected chi connectivity index (χ0v) is 12.3. The topological polar surface area (TPSA) is 62.1 Å². The highest BCUT2D eigenvalue weighted by Crippen LogP contribution is 2.31. The molecule has 0 spiro atoms. The number of hydrogen-bond acceptors (Lipinski definition) is 3. The van der Waals surface area contributed by atoms with Gasteiger partial charge in [0.05, 0.1) is 6.07 Å². The molecule has 1 amide bonds. The molecule has 1 aromatic carbocycles. The van der Waals surface area contributed by atoms with Crippen molar-refractivity contribution in [2.45, 2.75) is 19.8 Å². The lowest BCUT2D eigenvalue weighted by molar-refractivity contribution is -0.126. The van der Waals surface area contributed by atoms with Crippen molar-refractivity contribution in [3.8, 4) is 6.07 Å². The standard InChI is InChI=1S/C14H15BrN2O2/c1-10-6-11(15)8-12(7-10)17-13(18)14(9-16)2-4-19-5-3-14/h6-8H,2-5H2,1H3,(H,17,18). The summed E-state index contributed by atoms with van der Waals surface area (Å²) in [5.74, 6) is -0.240. The Balaban J connectivity index is 2.18. The second-order valence-corrected chi connectivity index (χ2v) is 5.69. The van der Waals surface area contributed by atoms with E-state index < -0.39 is 5.41 Å². The molecule has 0 atom stereocenters. The SMILES string of the molecule is Cc1cc(Br)cc(NC(=O)C2(C#N)CCOCC2)c1. The molecule has 100 valence electrons. The minimum absolute atomic E-state index is 0.240. The number of carbonyl (C=O) groups is 1. The minimum atomic E-state index is -0.964. The Morgan fingerprint density at radius 2 is 2.11 bits per heavy atom. The van der Waals surface area contributed by atoms with E-state index in [0.29, 0.717) is 31.7 Å². The van der Waals surface area contributed by atoms with E-state index in [9.17, 15) is 10.1 Å². The molecular formula is C14H15BrN2O2. The number of ether oxygens (including phenoxy) is 1. The summed E-state index contributed by atoms with van der Waals surface area (Å²) in [4.78, 5) is 12.3. The lowest BCUT2D eigenvalue weighted by Crippen LogP contribution is -2.39. The number of amides is 1. The lowest BCUT2D eigenvalue weighted by atomic mass is 9.81. The summed E-state index contributed by atoms with van der Waals surface area (Å²) in [7, 11) is 0. The van der Waals surface area contributed by atoms with Gasteiger partial charge in [-0.15, -0.1) is 0 Å². The molecule has 1 saturated heterocycles. The highest BCUT2D eigenvalue weighted by molar-refractivity contribution is 9.10. The molecule has 1 aliphatic heterocycles. The van der Waals surface area contributed by atoms with Crippen molar-refractivity contribution in [3.63, 3.8) is 0 Å². The number of carbonyl (C=O) groups excluding carboxylic acids is 1. The molecule has 1 aromatic rings. The molecule has 2 rings (SSSR count). The number of halogens is 1. The Kier molecular flexibility index (Phi) is 4.23. The smallest absolute Gasteiger partial charge is 0.245 e. The van der Waals surface area contributed by atoms with Crippen LogP contribution in [0, 0.1) is 23.7 Å². The van der Waals surface area contributed by atoms with Gasteiger partial charge in [-0.1, -0.05) is 15.9 Å². The molecule has 19 heavy (non-hydrogen) atoms. The van der Waals surface area contributed by atoms with Crippen molar-refractivity contribution < 1.29 is 9.53 Å². The first kappa shape index (κ1) is 14.0. The summed E-state index contributed by atoms with van der Waals surface area (Å²) in [6.07, 6.45) is 0.893. The van der Waals surface area contributed by atoms with Gasteiger partial charge in [-0.2, -0.15) is 5.26 Å². The second kappa shape index (κ2) is 5.72. The van der Waals surface area contributed by atoms with Crippen LogP contribution in [0.25, 0.3) is 0 Å². The summed E-state index contributed by atoms with van der Waals surface area (Å²) in [6.45, 7) is 2.87. The van der Waals surface area contributed by atoms with E-state index in [2.05, 4.69) is 27.3 Å². The Bertz CT molecular complexity index is 510. The van der Waals surface area contributed by atoms with Crippen LogP contribution in [0.4, 0.5) is 5.69 Å². The van der Waals surface area contributed by atoms with Gasteiger partial charge >= 0.3 is 0 Å². The second-order valence-electron chi connectivity index (χ2n) is 4.78. The molecule has 0 saturated carbocycles.